The lowest BCUT2D eigenvalue weighted by atomic mass is 10.1. The Morgan fingerprint density at radius 1 is 1.11 bits per heavy atom. The van der Waals surface area contributed by atoms with Gasteiger partial charge in [0.05, 0.1) is 0 Å². The zero-order valence-corrected chi connectivity index (χ0v) is 11.1. The molecule has 0 aliphatic carbocycles. The lowest BCUT2D eigenvalue weighted by molar-refractivity contribution is 0.155. The first-order chi connectivity index (χ1) is 9.15. The molecule has 19 heavy (non-hydrogen) atoms. The van der Waals surface area contributed by atoms with Gasteiger partial charge in [-0.2, -0.15) is 0 Å². The molecular weight excluding hydrogens is 238 g/mol. The highest BCUT2D eigenvalue weighted by Gasteiger charge is 2.06. The fraction of sp³-hybridized carbons (Fsp3) is 0.188. The van der Waals surface area contributed by atoms with Gasteiger partial charge in [-0.25, -0.2) is 4.79 Å². The highest BCUT2D eigenvalue weighted by molar-refractivity contribution is 5.85. The van der Waals surface area contributed by atoms with E-state index in [0.29, 0.717) is 0 Å². The Labute approximate surface area is 113 Å². The van der Waals surface area contributed by atoms with Gasteiger partial charge in [-0.3, -0.25) is 5.32 Å². The maximum absolute atomic E-state index is 11.7. The van der Waals surface area contributed by atoms with Crippen LogP contribution in [0.2, 0.25) is 0 Å². The molecule has 0 bridgehead atoms. The number of anilines is 1. The Hall–Kier alpha value is -2.29. The summed E-state index contributed by atoms with van der Waals surface area (Å²) in [7, 11) is 0. The minimum absolute atomic E-state index is 0.275. The quantitative estimate of drug-likeness (QED) is 0.898. The van der Waals surface area contributed by atoms with E-state index in [1.807, 2.05) is 62.4 Å². The van der Waals surface area contributed by atoms with Crippen LogP contribution >= 0.6 is 0 Å². The molecule has 0 atom stereocenters. The molecule has 0 heterocycles. The topological polar surface area (TPSA) is 38.3 Å². The minimum atomic E-state index is -0.433. The summed E-state index contributed by atoms with van der Waals surface area (Å²) in [5.41, 5.74) is 3.88. The molecule has 2 aromatic carbocycles. The lowest BCUT2D eigenvalue weighted by Crippen LogP contribution is -2.14. The maximum atomic E-state index is 11.7. The molecule has 3 heteroatoms. The fourth-order valence-electron chi connectivity index (χ4n) is 1.74. The van der Waals surface area contributed by atoms with Crippen molar-refractivity contribution in [2.24, 2.45) is 0 Å². The zero-order valence-electron chi connectivity index (χ0n) is 11.1. The molecule has 2 aromatic rings. The van der Waals surface area contributed by atoms with Gasteiger partial charge in [-0.15, -0.1) is 0 Å². The maximum Gasteiger partial charge on any atom is 0.411 e. The molecule has 0 radical (unpaired) electrons. The molecule has 0 spiro atoms. The van der Waals surface area contributed by atoms with Gasteiger partial charge in [0.1, 0.15) is 6.61 Å². The van der Waals surface area contributed by atoms with Crippen LogP contribution in [0.25, 0.3) is 0 Å². The first kappa shape index (κ1) is 13.1. The van der Waals surface area contributed by atoms with Crippen LogP contribution in [0.15, 0.2) is 48.5 Å². The highest BCUT2D eigenvalue weighted by Crippen LogP contribution is 2.16. The third-order valence-corrected chi connectivity index (χ3v) is 2.84. The van der Waals surface area contributed by atoms with E-state index in [9.17, 15) is 4.79 Å². The summed E-state index contributed by atoms with van der Waals surface area (Å²) in [5, 5.41) is 2.76. The second-order valence-electron chi connectivity index (χ2n) is 4.51. The fourth-order valence-corrected chi connectivity index (χ4v) is 1.74. The standard InChI is InChI=1S/C16H17NO2/c1-12-8-9-13(2)15(10-12)17-16(18)19-11-14-6-4-3-5-7-14/h3-10H,11H2,1-2H3,(H,17,18). The number of hydrogen-bond acceptors (Lipinski definition) is 2. The number of nitrogens with one attached hydrogen (secondary N) is 1. The van der Waals surface area contributed by atoms with Gasteiger partial charge >= 0.3 is 6.09 Å². The van der Waals surface area contributed by atoms with Crippen LogP contribution in [0.4, 0.5) is 10.5 Å². The molecule has 1 N–H and O–H groups in total. The Morgan fingerprint density at radius 3 is 2.58 bits per heavy atom. The molecule has 3 nitrogen and oxygen atoms in total. The second-order valence-corrected chi connectivity index (χ2v) is 4.51. The van der Waals surface area contributed by atoms with Crippen molar-refractivity contribution in [2.75, 3.05) is 5.32 Å². The average molecular weight is 255 g/mol. The number of benzene rings is 2. The molecule has 0 aliphatic rings. The molecule has 0 fully saturated rings. The predicted octanol–water partition coefficient (Wildman–Crippen LogP) is 4.05. The molecule has 0 unspecified atom stereocenters. The smallest absolute Gasteiger partial charge is 0.411 e. The van der Waals surface area contributed by atoms with Crippen LogP contribution in [-0.4, -0.2) is 6.09 Å². The third kappa shape index (κ3) is 3.85. The SMILES string of the molecule is Cc1ccc(C)c(NC(=O)OCc2ccccc2)c1. The van der Waals surface area contributed by atoms with Gasteiger partial charge < -0.3 is 4.74 Å². The Balaban J connectivity index is 1.93. The molecule has 0 aromatic heterocycles. The first-order valence-corrected chi connectivity index (χ1v) is 6.20. The van der Waals surface area contributed by atoms with Crippen molar-refractivity contribution >= 4 is 11.8 Å². The number of carbonyl (C=O) groups excluding carboxylic acids is 1. The van der Waals surface area contributed by atoms with Crippen LogP contribution in [-0.2, 0) is 11.3 Å². The number of ether oxygens (including phenoxy) is 1. The van der Waals surface area contributed by atoms with Crippen molar-refractivity contribution in [2.45, 2.75) is 20.5 Å². The largest absolute Gasteiger partial charge is 0.444 e. The van der Waals surface area contributed by atoms with Crippen molar-refractivity contribution < 1.29 is 9.53 Å². The number of rotatable bonds is 3. The number of carbonyl (C=O) groups is 1. The molecule has 98 valence electrons. The van der Waals surface area contributed by atoms with Gasteiger partial charge in [0.15, 0.2) is 0 Å². The van der Waals surface area contributed by atoms with Crippen molar-refractivity contribution in [3.05, 3.63) is 65.2 Å². The Bertz CT molecular complexity index is 564. The second kappa shape index (κ2) is 6.05. The summed E-state index contributed by atoms with van der Waals surface area (Å²) >= 11 is 0. The van der Waals surface area contributed by atoms with Crippen LogP contribution in [0.3, 0.4) is 0 Å². The van der Waals surface area contributed by atoms with E-state index in [4.69, 9.17) is 4.74 Å². The number of hydrogen-bond donors (Lipinski definition) is 1. The van der Waals surface area contributed by atoms with E-state index >= 15 is 0 Å². The van der Waals surface area contributed by atoms with Crippen LogP contribution < -0.4 is 5.32 Å². The normalized spacial score (nSPS) is 10.0. The monoisotopic (exact) mass is 255 g/mol. The lowest BCUT2D eigenvalue weighted by Gasteiger charge is -2.10. The summed E-state index contributed by atoms with van der Waals surface area (Å²) in [4.78, 5) is 11.7. The predicted molar refractivity (Wildman–Crippen MR) is 76.2 cm³/mol. The van der Waals surface area contributed by atoms with Gasteiger partial charge in [0.25, 0.3) is 0 Å². The minimum Gasteiger partial charge on any atom is -0.444 e. The number of aryl methyl sites for hydroxylation is 2. The van der Waals surface area contributed by atoms with Crippen molar-refractivity contribution in [1.29, 1.82) is 0 Å². The molecule has 0 aliphatic heterocycles. The van der Waals surface area contributed by atoms with Gasteiger partial charge in [0, 0.05) is 5.69 Å². The van der Waals surface area contributed by atoms with Crippen molar-refractivity contribution in [3.63, 3.8) is 0 Å². The van der Waals surface area contributed by atoms with Gasteiger partial charge in [0.2, 0.25) is 0 Å². The van der Waals surface area contributed by atoms with Crippen molar-refractivity contribution in [1.82, 2.24) is 0 Å². The highest BCUT2D eigenvalue weighted by atomic mass is 16.5. The number of amides is 1. The van der Waals surface area contributed by atoms with Gasteiger partial charge in [-0.05, 0) is 36.6 Å². The van der Waals surface area contributed by atoms with Crippen LogP contribution in [0.5, 0.6) is 0 Å². The molecular formula is C16H17NO2. The van der Waals surface area contributed by atoms with E-state index < -0.39 is 6.09 Å². The molecule has 2 rings (SSSR count). The summed E-state index contributed by atoms with van der Waals surface area (Å²) in [5.74, 6) is 0. The Kier molecular flexibility index (Phi) is 4.18. The average Bonchev–Trinajstić information content (AvgIpc) is 2.42. The first-order valence-electron chi connectivity index (χ1n) is 6.20. The third-order valence-electron chi connectivity index (χ3n) is 2.84. The summed E-state index contributed by atoms with van der Waals surface area (Å²) < 4.78 is 5.18. The Morgan fingerprint density at radius 2 is 1.84 bits per heavy atom. The van der Waals surface area contributed by atoms with E-state index in [1.165, 1.54) is 0 Å². The zero-order chi connectivity index (χ0) is 13.7. The van der Waals surface area contributed by atoms with Crippen LogP contribution in [0, 0.1) is 13.8 Å². The summed E-state index contributed by atoms with van der Waals surface area (Å²) in [6.07, 6.45) is -0.433. The van der Waals surface area contributed by atoms with E-state index in [-0.39, 0.29) is 6.61 Å². The molecule has 1 amide bonds. The van der Waals surface area contributed by atoms with Gasteiger partial charge in [-0.1, -0.05) is 42.5 Å². The van der Waals surface area contributed by atoms with E-state index in [1.54, 1.807) is 0 Å². The molecule has 0 saturated heterocycles. The molecule has 0 saturated carbocycles. The van der Waals surface area contributed by atoms with Crippen molar-refractivity contribution in [3.8, 4) is 0 Å². The van der Waals surface area contributed by atoms with E-state index in [2.05, 4.69) is 5.32 Å². The summed E-state index contributed by atoms with van der Waals surface area (Å²) in [6.45, 7) is 4.21. The summed E-state index contributed by atoms with van der Waals surface area (Å²) in [6, 6.07) is 15.5. The van der Waals surface area contributed by atoms with E-state index in [0.717, 1.165) is 22.4 Å². The van der Waals surface area contributed by atoms with Crippen LogP contribution in [0.1, 0.15) is 16.7 Å².